The van der Waals surface area contributed by atoms with Crippen LogP contribution in [0.5, 0.6) is 0 Å². The van der Waals surface area contributed by atoms with Crippen molar-refractivity contribution in [2.24, 2.45) is 0 Å². The number of urea groups is 1. The van der Waals surface area contributed by atoms with Gasteiger partial charge in [-0.2, -0.15) is 0 Å². The van der Waals surface area contributed by atoms with Gasteiger partial charge < -0.3 is 20.2 Å². The summed E-state index contributed by atoms with van der Waals surface area (Å²) in [6.45, 7) is -0.0717. The Morgan fingerprint density at radius 2 is 1.61 bits per heavy atom. The second kappa shape index (κ2) is 9.80. The van der Waals surface area contributed by atoms with E-state index in [1.54, 1.807) is 23.1 Å². The molecule has 0 aromatic heterocycles. The molecule has 0 bridgehead atoms. The van der Waals surface area contributed by atoms with Crippen molar-refractivity contribution < 1.29 is 23.5 Å². The van der Waals surface area contributed by atoms with Crippen LogP contribution in [0.25, 0.3) is 0 Å². The van der Waals surface area contributed by atoms with Crippen molar-refractivity contribution in [2.75, 3.05) is 25.0 Å². The molecule has 2 fully saturated rings. The second-order valence-corrected chi connectivity index (χ2v) is 8.81. The molecule has 3 atom stereocenters. The van der Waals surface area contributed by atoms with Gasteiger partial charge in [0.15, 0.2) is 0 Å². The number of aliphatic hydroxyl groups excluding tert-OH is 1. The van der Waals surface area contributed by atoms with Gasteiger partial charge >= 0.3 is 6.03 Å². The van der Waals surface area contributed by atoms with Gasteiger partial charge in [0, 0.05) is 23.6 Å². The lowest BCUT2D eigenvalue weighted by atomic mass is 9.73. The van der Waals surface area contributed by atoms with Gasteiger partial charge in [0.1, 0.15) is 18.2 Å². The number of para-hydroxylation sites is 1. The van der Waals surface area contributed by atoms with Crippen LogP contribution in [-0.2, 0) is 4.79 Å². The van der Waals surface area contributed by atoms with Gasteiger partial charge in [-0.25, -0.2) is 13.6 Å². The Bertz CT molecular complexity index is 1350. The van der Waals surface area contributed by atoms with E-state index in [0.29, 0.717) is 5.56 Å². The molecule has 8 heteroatoms. The average molecular weight is 488 g/mol. The molecular formula is C28H23F2N3O3. The summed E-state index contributed by atoms with van der Waals surface area (Å²) in [5.74, 6) is 4.74. The molecule has 2 saturated heterocycles. The number of hydrogen-bond donors (Lipinski definition) is 2. The van der Waals surface area contributed by atoms with E-state index in [-0.39, 0.29) is 55.1 Å². The highest BCUT2D eigenvalue weighted by molar-refractivity contribution is 5.94. The first-order chi connectivity index (χ1) is 17.4. The Hall–Kier alpha value is -4.22. The molecule has 3 amide bonds. The van der Waals surface area contributed by atoms with E-state index in [0.717, 1.165) is 11.1 Å². The van der Waals surface area contributed by atoms with E-state index in [4.69, 9.17) is 0 Å². The molecule has 2 heterocycles. The number of nitrogens with one attached hydrogen (secondary N) is 1. The van der Waals surface area contributed by atoms with Gasteiger partial charge in [-0.05, 0) is 54.1 Å². The van der Waals surface area contributed by atoms with Crippen LogP contribution in [0.4, 0.5) is 19.3 Å². The van der Waals surface area contributed by atoms with Crippen LogP contribution in [0.2, 0.25) is 0 Å². The van der Waals surface area contributed by atoms with E-state index in [1.807, 2.05) is 24.3 Å². The summed E-state index contributed by atoms with van der Waals surface area (Å²) < 4.78 is 27.0. The van der Waals surface area contributed by atoms with Gasteiger partial charge in [0.25, 0.3) is 0 Å². The molecular weight excluding hydrogens is 464 g/mol. The summed E-state index contributed by atoms with van der Waals surface area (Å²) >= 11 is 0. The van der Waals surface area contributed by atoms with Crippen LogP contribution < -0.4 is 5.32 Å². The zero-order valence-electron chi connectivity index (χ0n) is 19.2. The van der Waals surface area contributed by atoms with Gasteiger partial charge in [-0.15, -0.1) is 0 Å². The Labute approximate surface area is 207 Å². The minimum Gasteiger partial charge on any atom is -0.394 e. The lowest BCUT2D eigenvalue weighted by molar-refractivity contribution is -0.159. The van der Waals surface area contributed by atoms with Crippen LogP contribution >= 0.6 is 0 Å². The van der Waals surface area contributed by atoms with Crippen molar-refractivity contribution in [3.05, 3.63) is 101 Å². The Morgan fingerprint density at radius 3 is 2.25 bits per heavy atom. The van der Waals surface area contributed by atoms with Crippen molar-refractivity contribution in [3.63, 3.8) is 0 Å². The summed E-state index contributed by atoms with van der Waals surface area (Å²) in [5, 5.41) is 12.5. The van der Waals surface area contributed by atoms with Crippen LogP contribution in [0.3, 0.4) is 0 Å². The zero-order chi connectivity index (χ0) is 25.2. The maximum Gasteiger partial charge on any atom is 0.322 e. The SMILES string of the molecule is O=C(Nc1ccccc1F)N1CC(=O)N2[C@H](CO)[C@@H](c3ccc(C#Cc4ccc(F)cc4)cc3)[C@H]2C1. The Balaban J connectivity index is 1.31. The van der Waals surface area contributed by atoms with Crippen LogP contribution in [0.1, 0.15) is 22.6 Å². The molecule has 0 aliphatic carbocycles. The van der Waals surface area contributed by atoms with Crippen molar-refractivity contribution in [2.45, 2.75) is 18.0 Å². The number of carbonyl (C=O) groups excluding carboxylic acids is 2. The quantitative estimate of drug-likeness (QED) is 0.555. The third-order valence-corrected chi connectivity index (χ3v) is 6.65. The predicted molar refractivity (Wildman–Crippen MR) is 130 cm³/mol. The van der Waals surface area contributed by atoms with Crippen molar-refractivity contribution in [3.8, 4) is 11.8 Å². The number of aliphatic hydroxyl groups is 1. The summed E-state index contributed by atoms with van der Waals surface area (Å²) in [6, 6.07) is 18.1. The minimum atomic E-state index is -0.555. The Morgan fingerprint density at radius 1 is 0.972 bits per heavy atom. The highest BCUT2D eigenvalue weighted by atomic mass is 19.1. The number of fused-ring (bicyclic) bond motifs is 1. The summed E-state index contributed by atoms with van der Waals surface area (Å²) in [4.78, 5) is 28.6. The molecule has 0 spiro atoms. The van der Waals surface area contributed by atoms with E-state index in [1.165, 1.54) is 35.2 Å². The van der Waals surface area contributed by atoms with Crippen molar-refractivity contribution >= 4 is 17.6 Å². The smallest absolute Gasteiger partial charge is 0.322 e. The average Bonchev–Trinajstić information content (AvgIpc) is 2.87. The number of hydrogen-bond acceptors (Lipinski definition) is 3. The molecule has 0 radical (unpaired) electrons. The molecule has 3 aromatic carbocycles. The van der Waals surface area contributed by atoms with E-state index in [9.17, 15) is 23.5 Å². The number of amides is 3. The number of carbonyl (C=O) groups is 2. The number of rotatable bonds is 3. The van der Waals surface area contributed by atoms with Gasteiger partial charge in [-0.3, -0.25) is 4.79 Å². The van der Waals surface area contributed by atoms with E-state index < -0.39 is 11.8 Å². The Kier molecular flexibility index (Phi) is 6.40. The number of anilines is 1. The van der Waals surface area contributed by atoms with Crippen molar-refractivity contribution in [1.29, 1.82) is 0 Å². The molecule has 3 aromatic rings. The highest BCUT2D eigenvalue weighted by Crippen LogP contribution is 2.43. The normalized spacial score (nSPS) is 20.6. The van der Waals surface area contributed by atoms with Gasteiger partial charge in [-0.1, -0.05) is 36.1 Å². The van der Waals surface area contributed by atoms with Gasteiger partial charge in [0.05, 0.1) is 24.4 Å². The number of benzene rings is 3. The minimum absolute atomic E-state index is 0.0492. The molecule has 2 N–H and O–H groups in total. The molecule has 0 unspecified atom stereocenters. The fraction of sp³-hybridized carbons (Fsp3) is 0.214. The fourth-order valence-electron chi connectivity index (χ4n) is 4.88. The number of piperazine rings is 1. The fourth-order valence-corrected chi connectivity index (χ4v) is 4.88. The highest BCUT2D eigenvalue weighted by Gasteiger charge is 2.54. The zero-order valence-corrected chi connectivity index (χ0v) is 19.2. The molecule has 2 aliphatic heterocycles. The monoisotopic (exact) mass is 487 g/mol. The van der Waals surface area contributed by atoms with Crippen LogP contribution in [0, 0.1) is 23.5 Å². The second-order valence-electron chi connectivity index (χ2n) is 8.81. The summed E-state index contributed by atoms with van der Waals surface area (Å²) in [6.07, 6.45) is 0. The molecule has 6 nitrogen and oxygen atoms in total. The maximum absolute atomic E-state index is 14.0. The first-order valence-electron chi connectivity index (χ1n) is 11.5. The summed E-state index contributed by atoms with van der Waals surface area (Å²) in [5.41, 5.74) is 2.44. The van der Waals surface area contributed by atoms with Crippen LogP contribution in [-0.4, -0.2) is 58.6 Å². The molecule has 5 rings (SSSR count). The number of nitrogens with zero attached hydrogens (tertiary/aromatic N) is 2. The van der Waals surface area contributed by atoms with E-state index in [2.05, 4.69) is 17.2 Å². The first-order valence-corrected chi connectivity index (χ1v) is 11.5. The largest absolute Gasteiger partial charge is 0.394 e. The summed E-state index contributed by atoms with van der Waals surface area (Å²) in [7, 11) is 0. The van der Waals surface area contributed by atoms with Crippen LogP contribution in [0.15, 0.2) is 72.8 Å². The molecule has 182 valence electrons. The molecule has 0 saturated carbocycles. The topological polar surface area (TPSA) is 72.9 Å². The van der Waals surface area contributed by atoms with Gasteiger partial charge in [0.2, 0.25) is 5.91 Å². The third-order valence-electron chi connectivity index (χ3n) is 6.65. The maximum atomic E-state index is 14.0. The van der Waals surface area contributed by atoms with E-state index >= 15 is 0 Å². The first kappa shape index (κ1) is 23.5. The predicted octanol–water partition coefficient (Wildman–Crippen LogP) is 3.57. The standard InChI is InChI=1S/C28H23F2N3O3/c29-21-13-9-19(10-14-21)6-5-18-7-11-20(12-8-18)27-24-15-32(16-26(35)33(24)25(27)17-34)28(36)31-23-4-2-1-3-22(23)30/h1-4,7-14,24-25,27,34H,15-17H2,(H,31,36)/t24-,25-,27+/m1/s1. The lowest BCUT2D eigenvalue weighted by Crippen LogP contribution is -2.73. The van der Waals surface area contributed by atoms with Crippen molar-refractivity contribution in [1.82, 2.24) is 9.80 Å². The third kappa shape index (κ3) is 4.53. The molecule has 2 aliphatic rings. The number of halogens is 2. The molecule has 36 heavy (non-hydrogen) atoms. The lowest BCUT2D eigenvalue weighted by Gasteiger charge is -2.58.